The number of rotatable bonds is 4. The molecule has 1 N–H and O–H groups in total. The van der Waals surface area contributed by atoms with Gasteiger partial charge in [0.05, 0.1) is 4.88 Å². The van der Waals surface area contributed by atoms with E-state index >= 15 is 0 Å². The van der Waals surface area contributed by atoms with Crippen molar-refractivity contribution in [1.29, 1.82) is 0 Å². The van der Waals surface area contributed by atoms with Gasteiger partial charge in [0.15, 0.2) is 5.78 Å². The minimum absolute atomic E-state index is 0.0805. The predicted octanol–water partition coefficient (Wildman–Crippen LogP) is 3.86. The van der Waals surface area contributed by atoms with Crippen LogP contribution in [0.2, 0.25) is 0 Å². The maximum Gasteiger partial charge on any atom is 0.177 e. The molecule has 1 aliphatic heterocycles. The van der Waals surface area contributed by atoms with E-state index < -0.39 is 0 Å². The van der Waals surface area contributed by atoms with Crippen molar-refractivity contribution in [2.75, 3.05) is 13.1 Å². The van der Waals surface area contributed by atoms with Gasteiger partial charge in [0.25, 0.3) is 0 Å². The molecular weight excluding hydrogens is 294 g/mol. The minimum Gasteiger partial charge on any atom is -0.508 e. The van der Waals surface area contributed by atoms with Crippen LogP contribution in [-0.2, 0) is 6.54 Å². The van der Waals surface area contributed by atoms with E-state index in [0.717, 1.165) is 41.9 Å². The Bertz CT molecular complexity index is 665. The molecule has 1 fully saturated rings. The average Bonchev–Trinajstić information content (AvgIpc) is 2.95. The number of phenolic OH excluding ortho intramolecular Hbond substituents is 1. The summed E-state index contributed by atoms with van der Waals surface area (Å²) in [6.45, 7) is 4.48. The van der Waals surface area contributed by atoms with E-state index in [1.807, 2.05) is 36.6 Å². The van der Waals surface area contributed by atoms with Gasteiger partial charge < -0.3 is 5.11 Å². The highest BCUT2D eigenvalue weighted by molar-refractivity contribution is 7.12. The standard InChI is InChI=1S/C18H21NO2S/c1-13-8-10-22-18(13)17(21)15-6-4-9-19(12-15)11-14-5-2-3-7-16(14)20/h2-3,5,7-8,10,15,20H,4,6,9,11-12H2,1H3/t15-/m1/s1. The number of aryl methyl sites for hydroxylation is 1. The van der Waals surface area contributed by atoms with Crippen molar-refractivity contribution in [2.45, 2.75) is 26.3 Å². The predicted molar refractivity (Wildman–Crippen MR) is 89.5 cm³/mol. The first-order chi connectivity index (χ1) is 10.6. The first-order valence-corrected chi connectivity index (χ1v) is 8.60. The number of hydrogen-bond donors (Lipinski definition) is 1. The van der Waals surface area contributed by atoms with E-state index in [9.17, 15) is 9.90 Å². The normalized spacial score (nSPS) is 19.2. The summed E-state index contributed by atoms with van der Waals surface area (Å²) >= 11 is 1.55. The molecule has 0 saturated carbocycles. The van der Waals surface area contributed by atoms with Crippen LogP contribution in [0.5, 0.6) is 5.75 Å². The van der Waals surface area contributed by atoms with E-state index in [0.29, 0.717) is 12.3 Å². The number of likely N-dealkylation sites (tertiary alicyclic amines) is 1. The fraction of sp³-hybridized carbons (Fsp3) is 0.389. The number of piperidine rings is 1. The molecule has 0 bridgehead atoms. The monoisotopic (exact) mass is 315 g/mol. The van der Waals surface area contributed by atoms with Crippen LogP contribution in [0.25, 0.3) is 0 Å². The third-order valence-electron chi connectivity index (χ3n) is 4.35. The number of carbonyl (C=O) groups excluding carboxylic acids is 1. The number of thiophene rings is 1. The highest BCUT2D eigenvalue weighted by Gasteiger charge is 2.28. The molecule has 0 aliphatic carbocycles. The number of aromatic hydroxyl groups is 1. The number of para-hydroxylation sites is 1. The van der Waals surface area contributed by atoms with Crippen LogP contribution in [0.3, 0.4) is 0 Å². The highest BCUT2D eigenvalue weighted by atomic mass is 32.1. The van der Waals surface area contributed by atoms with E-state index in [4.69, 9.17) is 0 Å². The van der Waals surface area contributed by atoms with Crippen molar-refractivity contribution in [1.82, 2.24) is 4.90 Å². The summed E-state index contributed by atoms with van der Waals surface area (Å²) in [5, 5.41) is 11.9. The van der Waals surface area contributed by atoms with Crippen LogP contribution < -0.4 is 0 Å². The molecule has 22 heavy (non-hydrogen) atoms. The third-order valence-corrected chi connectivity index (χ3v) is 5.38. The smallest absolute Gasteiger partial charge is 0.177 e. The maximum absolute atomic E-state index is 12.7. The van der Waals surface area contributed by atoms with E-state index in [2.05, 4.69) is 4.90 Å². The van der Waals surface area contributed by atoms with E-state index in [1.165, 1.54) is 0 Å². The van der Waals surface area contributed by atoms with Gasteiger partial charge in [-0.2, -0.15) is 0 Å². The molecule has 0 radical (unpaired) electrons. The summed E-state index contributed by atoms with van der Waals surface area (Å²) in [4.78, 5) is 15.9. The van der Waals surface area contributed by atoms with Crippen LogP contribution in [0.1, 0.15) is 33.6 Å². The molecule has 2 aromatic rings. The first-order valence-electron chi connectivity index (χ1n) is 7.72. The van der Waals surface area contributed by atoms with Gasteiger partial charge in [0, 0.05) is 24.6 Å². The highest BCUT2D eigenvalue weighted by Crippen LogP contribution is 2.27. The van der Waals surface area contributed by atoms with E-state index in [-0.39, 0.29) is 11.7 Å². The van der Waals surface area contributed by atoms with Gasteiger partial charge in [0.1, 0.15) is 5.75 Å². The van der Waals surface area contributed by atoms with Crippen molar-refractivity contribution >= 4 is 17.1 Å². The van der Waals surface area contributed by atoms with Crippen LogP contribution in [-0.4, -0.2) is 28.9 Å². The average molecular weight is 315 g/mol. The van der Waals surface area contributed by atoms with Gasteiger partial charge in [0.2, 0.25) is 0 Å². The number of Topliss-reactive ketones (excluding diaryl/α,β-unsaturated/α-hetero) is 1. The Balaban J connectivity index is 1.68. The summed E-state index contributed by atoms with van der Waals surface area (Å²) in [7, 11) is 0. The molecule has 1 aromatic heterocycles. The topological polar surface area (TPSA) is 40.5 Å². The summed E-state index contributed by atoms with van der Waals surface area (Å²) in [6, 6.07) is 9.46. The number of nitrogens with zero attached hydrogens (tertiary/aromatic N) is 1. The Kier molecular flexibility index (Phi) is 4.60. The fourth-order valence-corrected chi connectivity index (χ4v) is 4.05. The van der Waals surface area contributed by atoms with E-state index in [1.54, 1.807) is 17.4 Å². The lowest BCUT2D eigenvalue weighted by Gasteiger charge is -2.32. The van der Waals surface area contributed by atoms with Gasteiger partial charge in [-0.15, -0.1) is 11.3 Å². The van der Waals surface area contributed by atoms with Crippen LogP contribution in [0, 0.1) is 12.8 Å². The second-order valence-corrected chi connectivity index (χ2v) is 6.92. The van der Waals surface area contributed by atoms with Gasteiger partial charge >= 0.3 is 0 Å². The molecule has 3 rings (SSSR count). The van der Waals surface area contributed by atoms with Crippen molar-refractivity contribution in [3.05, 3.63) is 51.7 Å². The zero-order valence-corrected chi connectivity index (χ0v) is 13.6. The molecule has 116 valence electrons. The zero-order valence-electron chi connectivity index (χ0n) is 12.8. The largest absolute Gasteiger partial charge is 0.508 e. The van der Waals surface area contributed by atoms with Gasteiger partial charge in [-0.05, 0) is 49.4 Å². The number of hydrogen-bond acceptors (Lipinski definition) is 4. The molecule has 0 unspecified atom stereocenters. The van der Waals surface area contributed by atoms with Crippen LogP contribution in [0.4, 0.5) is 0 Å². The Labute approximate surface area is 135 Å². The third kappa shape index (κ3) is 3.23. The van der Waals surface area contributed by atoms with Crippen molar-refractivity contribution in [3.8, 4) is 5.75 Å². The molecule has 0 amide bonds. The lowest BCUT2D eigenvalue weighted by Crippen LogP contribution is -2.38. The van der Waals surface area contributed by atoms with Crippen LogP contribution in [0.15, 0.2) is 35.7 Å². The first kappa shape index (κ1) is 15.3. The second-order valence-electron chi connectivity index (χ2n) is 6.00. The Morgan fingerprint density at radius 3 is 2.91 bits per heavy atom. The number of carbonyl (C=O) groups is 1. The quantitative estimate of drug-likeness (QED) is 0.871. The van der Waals surface area contributed by atoms with Crippen molar-refractivity contribution < 1.29 is 9.90 Å². The van der Waals surface area contributed by atoms with Crippen LogP contribution >= 0.6 is 11.3 Å². The molecule has 1 atom stereocenters. The lowest BCUT2D eigenvalue weighted by molar-refractivity contribution is 0.0814. The molecule has 0 spiro atoms. The summed E-state index contributed by atoms with van der Waals surface area (Å²) < 4.78 is 0. The zero-order chi connectivity index (χ0) is 15.5. The molecule has 1 aromatic carbocycles. The fourth-order valence-electron chi connectivity index (χ4n) is 3.11. The number of phenols is 1. The molecule has 1 saturated heterocycles. The van der Waals surface area contributed by atoms with Gasteiger partial charge in [-0.1, -0.05) is 18.2 Å². The second kappa shape index (κ2) is 6.63. The Hall–Kier alpha value is -1.65. The summed E-state index contributed by atoms with van der Waals surface area (Å²) in [5.41, 5.74) is 2.02. The SMILES string of the molecule is Cc1ccsc1C(=O)[C@@H]1CCCN(Cc2ccccc2O)C1. The molecule has 1 aliphatic rings. The molecular formula is C18H21NO2S. The molecule has 3 nitrogen and oxygen atoms in total. The van der Waals surface area contributed by atoms with Crippen molar-refractivity contribution in [2.24, 2.45) is 5.92 Å². The Morgan fingerprint density at radius 1 is 1.36 bits per heavy atom. The Morgan fingerprint density at radius 2 is 2.18 bits per heavy atom. The summed E-state index contributed by atoms with van der Waals surface area (Å²) in [6.07, 6.45) is 2.00. The van der Waals surface area contributed by atoms with Gasteiger partial charge in [-0.25, -0.2) is 0 Å². The maximum atomic E-state index is 12.7. The molecule has 2 heterocycles. The summed E-state index contributed by atoms with van der Waals surface area (Å²) in [5.74, 6) is 0.705. The number of ketones is 1. The van der Waals surface area contributed by atoms with Crippen molar-refractivity contribution in [3.63, 3.8) is 0 Å². The van der Waals surface area contributed by atoms with Gasteiger partial charge in [-0.3, -0.25) is 9.69 Å². The lowest BCUT2D eigenvalue weighted by atomic mass is 9.92. The number of benzene rings is 1. The molecule has 4 heteroatoms. The minimum atomic E-state index is 0.0805.